The number of aryl methyl sites for hydroxylation is 1. The summed E-state index contributed by atoms with van der Waals surface area (Å²) in [6.07, 6.45) is 9.65. The van der Waals surface area contributed by atoms with Crippen molar-refractivity contribution in [2.75, 3.05) is 19.6 Å². The molecule has 2 aliphatic rings. The van der Waals surface area contributed by atoms with Crippen molar-refractivity contribution >= 4 is 0 Å². The van der Waals surface area contributed by atoms with Gasteiger partial charge in [0.25, 0.3) is 0 Å². The van der Waals surface area contributed by atoms with Gasteiger partial charge in [0.05, 0.1) is 11.9 Å². The second kappa shape index (κ2) is 5.68. The number of furan rings is 1. The van der Waals surface area contributed by atoms with Gasteiger partial charge in [-0.1, -0.05) is 12.8 Å². The van der Waals surface area contributed by atoms with Gasteiger partial charge in [-0.05, 0) is 44.4 Å². The van der Waals surface area contributed by atoms with Crippen LogP contribution in [0.15, 0.2) is 22.8 Å². The van der Waals surface area contributed by atoms with Crippen LogP contribution in [0, 0.1) is 5.92 Å². The van der Waals surface area contributed by atoms with Crippen LogP contribution in [0.1, 0.15) is 44.3 Å². The van der Waals surface area contributed by atoms with Crippen molar-refractivity contribution in [2.45, 2.75) is 50.5 Å². The first-order valence-corrected chi connectivity index (χ1v) is 7.73. The first kappa shape index (κ1) is 13.2. The van der Waals surface area contributed by atoms with Gasteiger partial charge in [-0.2, -0.15) is 0 Å². The van der Waals surface area contributed by atoms with Crippen molar-refractivity contribution in [1.29, 1.82) is 0 Å². The van der Waals surface area contributed by atoms with Gasteiger partial charge < -0.3 is 14.4 Å². The third-order valence-corrected chi connectivity index (χ3v) is 4.99. The molecule has 1 aromatic heterocycles. The van der Waals surface area contributed by atoms with E-state index in [1.54, 1.807) is 6.26 Å². The van der Waals surface area contributed by atoms with Crippen LogP contribution in [0.3, 0.4) is 0 Å². The Labute approximate surface area is 115 Å². The number of aliphatic hydroxyl groups is 1. The van der Waals surface area contributed by atoms with E-state index in [9.17, 15) is 5.11 Å². The van der Waals surface area contributed by atoms with Crippen LogP contribution in [0.5, 0.6) is 0 Å². The topological polar surface area (TPSA) is 36.6 Å². The van der Waals surface area contributed by atoms with Gasteiger partial charge in [0.15, 0.2) is 0 Å². The summed E-state index contributed by atoms with van der Waals surface area (Å²) in [5.41, 5.74) is -0.338. The van der Waals surface area contributed by atoms with Gasteiger partial charge in [-0.3, -0.25) is 0 Å². The fraction of sp³-hybridized carbons (Fsp3) is 0.750. The van der Waals surface area contributed by atoms with Crippen molar-refractivity contribution in [1.82, 2.24) is 4.90 Å². The Balaban J connectivity index is 1.45. The van der Waals surface area contributed by atoms with E-state index < -0.39 is 0 Å². The number of hydrogen-bond donors (Lipinski definition) is 1. The van der Waals surface area contributed by atoms with E-state index in [0.717, 1.165) is 51.1 Å². The summed E-state index contributed by atoms with van der Waals surface area (Å²) < 4.78 is 5.37. The third-order valence-electron chi connectivity index (χ3n) is 4.99. The predicted octanol–water partition coefficient (Wildman–Crippen LogP) is 2.84. The first-order chi connectivity index (χ1) is 9.26. The first-order valence-electron chi connectivity index (χ1n) is 7.73. The van der Waals surface area contributed by atoms with Crippen molar-refractivity contribution in [2.24, 2.45) is 5.92 Å². The Morgan fingerprint density at radius 2 is 2.32 bits per heavy atom. The molecule has 1 saturated carbocycles. The average molecular weight is 263 g/mol. The minimum absolute atomic E-state index is 0.338. The number of hydrogen-bond acceptors (Lipinski definition) is 3. The molecule has 0 amide bonds. The molecule has 0 spiro atoms. The number of nitrogens with zero attached hydrogens (tertiary/aromatic N) is 1. The van der Waals surface area contributed by atoms with E-state index in [-0.39, 0.29) is 5.60 Å². The molecule has 2 heterocycles. The summed E-state index contributed by atoms with van der Waals surface area (Å²) in [5.74, 6) is 1.60. The molecule has 0 radical (unpaired) electrons. The van der Waals surface area contributed by atoms with Crippen LogP contribution in [0.2, 0.25) is 0 Å². The smallest absolute Gasteiger partial charge is 0.103 e. The van der Waals surface area contributed by atoms with Crippen LogP contribution in [0.4, 0.5) is 0 Å². The van der Waals surface area contributed by atoms with E-state index in [0.29, 0.717) is 5.92 Å². The molecule has 1 aliphatic carbocycles. The van der Waals surface area contributed by atoms with Crippen LogP contribution >= 0.6 is 0 Å². The second-order valence-corrected chi connectivity index (χ2v) is 6.28. The zero-order chi connectivity index (χ0) is 13.1. The monoisotopic (exact) mass is 263 g/mol. The Morgan fingerprint density at radius 3 is 3.16 bits per heavy atom. The minimum atomic E-state index is -0.338. The van der Waals surface area contributed by atoms with Gasteiger partial charge in [-0.25, -0.2) is 0 Å². The zero-order valence-corrected chi connectivity index (χ0v) is 11.7. The molecule has 1 aromatic rings. The Morgan fingerprint density at radius 1 is 1.37 bits per heavy atom. The summed E-state index contributed by atoms with van der Waals surface area (Å²) in [5, 5.41) is 10.6. The van der Waals surface area contributed by atoms with Gasteiger partial charge in [0, 0.05) is 25.4 Å². The van der Waals surface area contributed by atoms with Crippen molar-refractivity contribution in [3.8, 4) is 0 Å². The standard InChI is InChI=1S/C16H25NO2/c18-16-8-2-1-5-14(16)13-17(11-9-16)10-3-6-15-7-4-12-19-15/h4,7,12,14,18H,1-3,5-6,8-11,13H2/t14-,16-/m0/s1. The van der Waals surface area contributed by atoms with Crippen molar-refractivity contribution in [3.05, 3.63) is 24.2 Å². The van der Waals surface area contributed by atoms with Crippen LogP contribution in [-0.2, 0) is 6.42 Å². The number of fused-ring (bicyclic) bond motifs is 1. The molecular formula is C16H25NO2. The molecule has 3 rings (SSSR count). The maximum Gasteiger partial charge on any atom is 0.103 e. The van der Waals surface area contributed by atoms with Crippen LogP contribution < -0.4 is 0 Å². The van der Waals surface area contributed by atoms with E-state index in [1.165, 1.54) is 19.3 Å². The van der Waals surface area contributed by atoms with Crippen molar-refractivity contribution < 1.29 is 9.52 Å². The highest BCUT2D eigenvalue weighted by molar-refractivity contribution is 4.99. The minimum Gasteiger partial charge on any atom is -0.469 e. The molecule has 19 heavy (non-hydrogen) atoms. The normalized spacial score (nSPS) is 32.2. The molecule has 2 fully saturated rings. The molecule has 106 valence electrons. The SMILES string of the molecule is O[C@]12CCCC[C@H]1CN(CCCc1ccco1)CC2. The average Bonchev–Trinajstić information content (AvgIpc) is 2.92. The number of likely N-dealkylation sites (tertiary alicyclic amines) is 1. The summed E-state index contributed by atoms with van der Waals surface area (Å²) in [6, 6.07) is 4.01. The number of rotatable bonds is 4. The van der Waals surface area contributed by atoms with E-state index in [4.69, 9.17) is 4.42 Å². The summed E-state index contributed by atoms with van der Waals surface area (Å²) in [7, 11) is 0. The third kappa shape index (κ3) is 3.03. The quantitative estimate of drug-likeness (QED) is 0.907. The highest BCUT2D eigenvalue weighted by Crippen LogP contribution is 2.39. The molecular weight excluding hydrogens is 238 g/mol. The lowest BCUT2D eigenvalue weighted by atomic mass is 9.71. The fourth-order valence-corrected chi connectivity index (χ4v) is 3.77. The summed E-state index contributed by atoms with van der Waals surface area (Å²) in [6.45, 7) is 3.28. The Hall–Kier alpha value is -0.800. The van der Waals surface area contributed by atoms with Gasteiger partial charge in [0.2, 0.25) is 0 Å². The van der Waals surface area contributed by atoms with Crippen molar-refractivity contribution in [3.63, 3.8) is 0 Å². The maximum atomic E-state index is 10.6. The molecule has 0 unspecified atom stereocenters. The molecule has 0 aromatic carbocycles. The van der Waals surface area contributed by atoms with Gasteiger partial charge in [-0.15, -0.1) is 0 Å². The lowest BCUT2D eigenvalue weighted by molar-refractivity contribution is -0.0953. The fourth-order valence-electron chi connectivity index (χ4n) is 3.77. The lowest BCUT2D eigenvalue weighted by Crippen LogP contribution is -2.53. The predicted molar refractivity (Wildman–Crippen MR) is 75.0 cm³/mol. The van der Waals surface area contributed by atoms with E-state index in [1.807, 2.05) is 6.07 Å². The molecule has 3 nitrogen and oxygen atoms in total. The summed E-state index contributed by atoms with van der Waals surface area (Å²) in [4.78, 5) is 2.54. The van der Waals surface area contributed by atoms with E-state index >= 15 is 0 Å². The molecule has 3 heteroatoms. The van der Waals surface area contributed by atoms with Crippen LogP contribution in [-0.4, -0.2) is 35.2 Å². The summed E-state index contributed by atoms with van der Waals surface area (Å²) >= 11 is 0. The highest BCUT2D eigenvalue weighted by atomic mass is 16.3. The molecule has 1 N–H and O–H groups in total. The number of piperidine rings is 1. The molecule has 1 aliphatic heterocycles. The van der Waals surface area contributed by atoms with Gasteiger partial charge in [0.1, 0.15) is 5.76 Å². The molecule has 2 atom stereocenters. The maximum absolute atomic E-state index is 10.6. The van der Waals surface area contributed by atoms with Gasteiger partial charge >= 0.3 is 0 Å². The van der Waals surface area contributed by atoms with Crippen LogP contribution in [0.25, 0.3) is 0 Å². The largest absolute Gasteiger partial charge is 0.469 e. The van der Waals surface area contributed by atoms with E-state index in [2.05, 4.69) is 11.0 Å². The zero-order valence-electron chi connectivity index (χ0n) is 11.7. The second-order valence-electron chi connectivity index (χ2n) is 6.28. The molecule has 0 bridgehead atoms. The Kier molecular flexibility index (Phi) is 3.94. The molecule has 1 saturated heterocycles. The Bertz CT molecular complexity index is 389. The highest BCUT2D eigenvalue weighted by Gasteiger charge is 2.42. The lowest BCUT2D eigenvalue weighted by Gasteiger charge is -2.47.